The number of Topliss-reactive ketones (excluding diaryl/α,β-unsaturated/α-hetero) is 1. The highest BCUT2D eigenvalue weighted by Crippen LogP contribution is 2.27. The third-order valence-corrected chi connectivity index (χ3v) is 4.02. The Kier molecular flexibility index (Phi) is 4.63. The van der Waals surface area contributed by atoms with E-state index in [-0.39, 0.29) is 30.0 Å². The van der Waals surface area contributed by atoms with E-state index in [0.717, 1.165) is 4.52 Å². The molecule has 1 saturated heterocycles. The number of hydrogen-bond acceptors (Lipinski definition) is 6. The molecule has 7 nitrogen and oxygen atoms in total. The van der Waals surface area contributed by atoms with Gasteiger partial charge in [0.1, 0.15) is 5.78 Å². The average Bonchev–Trinajstić information content (AvgIpc) is 2.96. The standard InChI is InChI=1S/C15H18F3N5O2/c1-3-25-12-6-10(8-22-5-4-11(24)9(2)7-22)19-14-20-13(15(16,17)18)21-23(12)14/h6,9H,3-5,7-8H2,1-2H3/t9-/m1/s1. The predicted octanol–water partition coefficient (Wildman–Crippen LogP) is 1.95. The first-order valence-corrected chi connectivity index (χ1v) is 7.99. The summed E-state index contributed by atoms with van der Waals surface area (Å²) in [4.78, 5) is 21.3. The number of fused-ring (bicyclic) bond motifs is 1. The minimum atomic E-state index is -4.65. The number of ketones is 1. The minimum Gasteiger partial charge on any atom is -0.478 e. The predicted molar refractivity (Wildman–Crippen MR) is 81.0 cm³/mol. The molecule has 0 aromatic carbocycles. The van der Waals surface area contributed by atoms with Crippen molar-refractivity contribution in [3.8, 4) is 5.88 Å². The molecular weight excluding hydrogens is 339 g/mol. The SMILES string of the molecule is CCOc1cc(CN2CCC(=O)[C@H](C)C2)nc2nc(C(F)(F)F)nn12. The normalized spacial score (nSPS) is 19.6. The van der Waals surface area contributed by atoms with E-state index < -0.39 is 12.0 Å². The number of ether oxygens (including phenoxy) is 1. The average molecular weight is 357 g/mol. The van der Waals surface area contributed by atoms with Gasteiger partial charge in [0.15, 0.2) is 0 Å². The number of aromatic nitrogens is 4. The Morgan fingerprint density at radius 1 is 1.36 bits per heavy atom. The molecule has 10 heteroatoms. The highest BCUT2D eigenvalue weighted by molar-refractivity contribution is 5.81. The second-order valence-corrected chi connectivity index (χ2v) is 6.02. The van der Waals surface area contributed by atoms with Crippen LogP contribution < -0.4 is 4.74 Å². The molecule has 0 bridgehead atoms. The smallest absolute Gasteiger partial charge is 0.453 e. The van der Waals surface area contributed by atoms with Crippen LogP contribution in [0.3, 0.4) is 0 Å². The number of nitrogens with zero attached hydrogens (tertiary/aromatic N) is 5. The van der Waals surface area contributed by atoms with Crippen LogP contribution in [0.5, 0.6) is 5.88 Å². The quantitative estimate of drug-likeness (QED) is 0.833. The number of alkyl halides is 3. The lowest BCUT2D eigenvalue weighted by Crippen LogP contribution is -2.39. The zero-order chi connectivity index (χ0) is 18.2. The van der Waals surface area contributed by atoms with Gasteiger partial charge in [-0.3, -0.25) is 9.69 Å². The van der Waals surface area contributed by atoms with Gasteiger partial charge in [-0.1, -0.05) is 6.92 Å². The van der Waals surface area contributed by atoms with Crippen LogP contribution in [-0.4, -0.2) is 50.0 Å². The van der Waals surface area contributed by atoms with Crippen molar-refractivity contribution in [1.82, 2.24) is 24.5 Å². The Hall–Kier alpha value is -2.23. The highest BCUT2D eigenvalue weighted by atomic mass is 19.4. The van der Waals surface area contributed by atoms with Gasteiger partial charge < -0.3 is 4.74 Å². The second kappa shape index (κ2) is 6.58. The van der Waals surface area contributed by atoms with E-state index in [1.54, 1.807) is 13.0 Å². The van der Waals surface area contributed by atoms with Crippen molar-refractivity contribution in [3.05, 3.63) is 17.6 Å². The van der Waals surface area contributed by atoms with Crippen LogP contribution in [-0.2, 0) is 17.5 Å². The number of likely N-dealkylation sites (tertiary alicyclic amines) is 1. The Morgan fingerprint density at radius 3 is 2.76 bits per heavy atom. The Balaban J connectivity index is 1.92. The van der Waals surface area contributed by atoms with Crippen LogP contribution in [0.2, 0.25) is 0 Å². The van der Waals surface area contributed by atoms with Gasteiger partial charge >= 0.3 is 6.18 Å². The largest absolute Gasteiger partial charge is 0.478 e. The van der Waals surface area contributed by atoms with Gasteiger partial charge in [0, 0.05) is 38.0 Å². The molecule has 2 aromatic rings. The van der Waals surface area contributed by atoms with Gasteiger partial charge in [-0.05, 0) is 6.92 Å². The van der Waals surface area contributed by atoms with E-state index in [9.17, 15) is 18.0 Å². The molecule has 0 radical (unpaired) electrons. The summed E-state index contributed by atoms with van der Waals surface area (Å²) in [5.74, 6) is -1.09. The molecule has 1 aliphatic heterocycles. The molecule has 0 aliphatic carbocycles. The van der Waals surface area contributed by atoms with E-state index in [4.69, 9.17) is 4.74 Å². The van der Waals surface area contributed by atoms with Crippen molar-refractivity contribution in [2.75, 3.05) is 19.7 Å². The third kappa shape index (κ3) is 3.73. The molecule has 25 heavy (non-hydrogen) atoms. The van der Waals surface area contributed by atoms with Crippen LogP contribution in [0.25, 0.3) is 5.78 Å². The van der Waals surface area contributed by atoms with Crippen LogP contribution in [0.1, 0.15) is 31.8 Å². The maximum atomic E-state index is 12.8. The highest BCUT2D eigenvalue weighted by Gasteiger charge is 2.37. The Bertz CT molecular complexity index is 789. The van der Waals surface area contributed by atoms with Gasteiger partial charge in [0.05, 0.1) is 12.3 Å². The van der Waals surface area contributed by atoms with Crippen molar-refractivity contribution in [2.24, 2.45) is 5.92 Å². The van der Waals surface area contributed by atoms with Crippen molar-refractivity contribution in [3.63, 3.8) is 0 Å². The Morgan fingerprint density at radius 2 is 2.12 bits per heavy atom. The lowest BCUT2D eigenvalue weighted by molar-refractivity contribution is -0.144. The number of hydrogen-bond donors (Lipinski definition) is 0. The molecule has 0 spiro atoms. The fraction of sp³-hybridized carbons (Fsp3) is 0.600. The molecule has 0 N–H and O–H groups in total. The molecule has 1 atom stereocenters. The first-order valence-electron chi connectivity index (χ1n) is 7.99. The van der Waals surface area contributed by atoms with Gasteiger partial charge in [0.2, 0.25) is 5.88 Å². The van der Waals surface area contributed by atoms with E-state index >= 15 is 0 Å². The van der Waals surface area contributed by atoms with Crippen molar-refractivity contribution < 1.29 is 22.7 Å². The molecule has 1 fully saturated rings. The summed E-state index contributed by atoms with van der Waals surface area (Å²) in [5.41, 5.74) is 0.527. The number of halogens is 3. The number of carbonyl (C=O) groups is 1. The topological polar surface area (TPSA) is 72.6 Å². The second-order valence-electron chi connectivity index (χ2n) is 6.02. The molecule has 0 amide bonds. The summed E-state index contributed by atoms with van der Waals surface area (Å²) < 4.78 is 44.9. The zero-order valence-electron chi connectivity index (χ0n) is 13.9. The summed E-state index contributed by atoms with van der Waals surface area (Å²) in [7, 11) is 0. The third-order valence-electron chi connectivity index (χ3n) is 4.02. The molecule has 136 valence electrons. The van der Waals surface area contributed by atoms with Crippen LogP contribution in [0, 0.1) is 5.92 Å². The molecule has 2 aromatic heterocycles. The Labute approximate surface area is 141 Å². The van der Waals surface area contributed by atoms with Gasteiger partial charge in [-0.25, -0.2) is 4.98 Å². The molecule has 3 rings (SSSR count). The molecule has 1 aliphatic rings. The lowest BCUT2D eigenvalue weighted by Gasteiger charge is -2.29. The molecule has 3 heterocycles. The maximum absolute atomic E-state index is 12.8. The van der Waals surface area contributed by atoms with Gasteiger partial charge in [0.25, 0.3) is 11.6 Å². The fourth-order valence-corrected chi connectivity index (χ4v) is 2.81. The molecular formula is C15H18F3N5O2. The number of carbonyl (C=O) groups excluding carboxylic acids is 1. The first kappa shape index (κ1) is 17.6. The zero-order valence-corrected chi connectivity index (χ0v) is 13.9. The van der Waals surface area contributed by atoms with Crippen LogP contribution in [0.4, 0.5) is 13.2 Å². The summed E-state index contributed by atoms with van der Waals surface area (Å²) in [6, 6.07) is 1.56. The number of rotatable bonds is 4. The lowest BCUT2D eigenvalue weighted by atomic mass is 9.98. The van der Waals surface area contributed by atoms with Crippen molar-refractivity contribution in [1.29, 1.82) is 0 Å². The monoisotopic (exact) mass is 357 g/mol. The minimum absolute atomic E-state index is 0.0613. The van der Waals surface area contributed by atoms with Gasteiger partial charge in [-0.15, -0.1) is 5.10 Å². The van der Waals surface area contributed by atoms with Crippen LogP contribution >= 0.6 is 0 Å². The van der Waals surface area contributed by atoms with E-state index in [2.05, 4.69) is 15.1 Å². The fourth-order valence-electron chi connectivity index (χ4n) is 2.81. The number of piperidine rings is 1. The molecule has 0 unspecified atom stereocenters. The van der Waals surface area contributed by atoms with E-state index in [1.807, 2.05) is 11.8 Å². The van der Waals surface area contributed by atoms with Crippen molar-refractivity contribution >= 4 is 11.6 Å². The summed E-state index contributed by atoms with van der Waals surface area (Å²) in [6.07, 6.45) is -4.19. The summed E-state index contributed by atoms with van der Waals surface area (Å²) in [5, 5.41) is 3.45. The van der Waals surface area contributed by atoms with Crippen LogP contribution in [0.15, 0.2) is 6.07 Å². The van der Waals surface area contributed by atoms with Gasteiger partial charge in [-0.2, -0.15) is 22.7 Å². The van der Waals surface area contributed by atoms with E-state index in [0.29, 0.717) is 31.7 Å². The van der Waals surface area contributed by atoms with E-state index in [1.165, 1.54) is 0 Å². The maximum Gasteiger partial charge on any atom is 0.453 e. The first-order chi connectivity index (χ1) is 11.8. The van der Waals surface area contributed by atoms with Crippen molar-refractivity contribution in [2.45, 2.75) is 33.0 Å². The molecule has 0 saturated carbocycles. The summed E-state index contributed by atoms with van der Waals surface area (Å²) in [6.45, 7) is 5.46. The summed E-state index contributed by atoms with van der Waals surface area (Å²) >= 11 is 0.